The first-order valence-corrected chi connectivity index (χ1v) is 13.1. The Bertz CT molecular complexity index is 988. The quantitative estimate of drug-likeness (QED) is 0.515. The number of nitrogens with zero attached hydrogens (tertiary/aromatic N) is 3. The predicted octanol–water partition coefficient (Wildman–Crippen LogP) is 6.08. The molecule has 1 unspecified atom stereocenters. The Hall–Kier alpha value is -2.36. The molecule has 0 bridgehead atoms. The Morgan fingerprint density at radius 3 is 2.67 bits per heavy atom. The summed E-state index contributed by atoms with van der Waals surface area (Å²) in [5.74, 6) is 0.591. The molecule has 1 aromatic heterocycles. The number of fused-ring (bicyclic) bond motifs is 1. The number of carbonyl (C=O) groups excluding carboxylic acids is 1. The van der Waals surface area contributed by atoms with Gasteiger partial charge in [0.05, 0.1) is 17.3 Å². The number of thiophene rings is 1. The largest absolute Gasteiger partial charge is 0.322 e. The van der Waals surface area contributed by atoms with Crippen LogP contribution in [-0.2, 0) is 5.41 Å². The van der Waals surface area contributed by atoms with Gasteiger partial charge in [-0.05, 0) is 93.9 Å². The number of nitrogens with one attached hydrogen (secondary N) is 1. The maximum atomic E-state index is 13.4. The molecule has 0 radical (unpaired) electrons. The minimum atomic E-state index is 0.0190. The third kappa shape index (κ3) is 5.10. The van der Waals surface area contributed by atoms with Crippen LogP contribution in [0, 0.1) is 17.2 Å². The number of amides is 2. The van der Waals surface area contributed by atoms with Gasteiger partial charge in [-0.3, -0.25) is 4.90 Å². The number of nitriles is 1. The van der Waals surface area contributed by atoms with Crippen LogP contribution in [0.5, 0.6) is 0 Å². The van der Waals surface area contributed by atoms with Crippen LogP contribution in [0.25, 0.3) is 0 Å². The lowest BCUT2D eigenvalue weighted by atomic mass is 9.80. The molecule has 2 aliphatic carbocycles. The summed E-state index contributed by atoms with van der Waals surface area (Å²) in [6, 6.07) is 13.6. The van der Waals surface area contributed by atoms with Gasteiger partial charge in [0.25, 0.3) is 0 Å². The molecule has 2 aliphatic rings. The summed E-state index contributed by atoms with van der Waals surface area (Å²) in [7, 11) is 0. The summed E-state index contributed by atoms with van der Waals surface area (Å²) in [4.78, 5) is 17.9. The predicted molar refractivity (Wildman–Crippen MR) is 136 cm³/mol. The van der Waals surface area contributed by atoms with E-state index in [1.165, 1.54) is 12.0 Å². The topological polar surface area (TPSA) is 59.4 Å². The average Bonchev–Trinajstić information content (AvgIpc) is 3.32. The summed E-state index contributed by atoms with van der Waals surface area (Å²) in [5, 5.41) is 16.4. The number of hydrogen-bond donors (Lipinski definition) is 1. The Morgan fingerprint density at radius 2 is 2.03 bits per heavy atom. The van der Waals surface area contributed by atoms with Crippen LogP contribution in [0.3, 0.4) is 0 Å². The fraction of sp³-hybridized carbons (Fsp3) is 0.556. The van der Waals surface area contributed by atoms with Crippen molar-refractivity contribution in [1.29, 1.82) is 5.26 Å². The van der Waals surface area contributed by atoms with Crippen molar-refractivity contribution in [2.75, 3.05) is 18.4 Å². The average molecular weight is 465 g/mol. The molecule has 0 aliphatic heterocycles. The lowest BCUT2D eigenvalue weighted by Crippen LogP contribution is -2.50. The SMILES string of the molecule is CC(C)N(CCN(C(=O)Nc1ccsc1)[C@@H]1CC[C@]2(c3cccc(C#N)c3)CC2C1)C(C)C. The highest BCUT2D eigenvalue weighted by molar-refractivity contribution is 7.08. The molecule has 2 amide bonds. The maximum absolute atomic E-state index is 13.4. The first-order chi connectivity index (χ1) is 15.8. The van der Waals surface area contributed by atoms with Crippen molar-refractivity contribution < 1.29 is 4.79 Å². The number of carbonyl (C=O) groups is 1. The lowest BCUT2D eigenvalue weighted by Gasteiger charge is -2.39. The van der Waals surface area contributed by atoms with E-state index in [0.29, 0.717) is 18.0 Å². The first-order valence-electron chi connectivity index (χ1n) is 12.2. The molecule has 1 heterocycles. The number of urea groups is 1. The van der Waals surface area contributed by atoms with Gasteiger partial charge in [0.2, 0.25) is 0 Å². The summed E-state index contributed by atoms with van der Waals surface area (Å²) in [5.41, 5.74) is 3.14. The Balaban J connectivity index is 1.48. The molecule has 1 N–H and O–H groups in total. The van der Waals surface area contributed by atoms with Crippen LogP contribution >= 0.6 is 11.3 Å². The van der Waals surface area contributed by atoms with Crippen molar-refractivity contribution in [3.05, 3.63) is 52.2 Å². The number of anilines is 1. The summed E-state index contributed by atoms with van der Waals surface area (Å²) < 4.78 is 0. The maximum Gasteiger partial charge on any atom is 0.322 e. The van der Waals surface area contributed by atoms with E-state index in [0.717, 1.165) is 43.6 Å². The molecule has 2 fully saturated rings. The highest BCUT2D eigenvalue weighted by Crippen LogP contribution is 2.62. The van der Waals surface area contributed by atoms with Crippen LogP contribution in [0.4, 0.5) is 10.5 Å². The third-order valence-corrected chi connectivity index (χ3v) is 8.36. The van der Waals surface area contributed by atoms with Gasteiger partial charge in [0, 0.05) is 36.6 Å². The summed E-state index contributed by atoms with van der Waals surface area (Å²) in [6.45, 7) is 10.5. The molecular weight excluding hydrogens is 428 g/mol. The molecule has 2 aromatic rings. The standard InChI is InChI=1S/C27H36N4OS/c1-19(2)30(20(3)4)11-12-31(26(32)29-24-9-13-33-18-24)25-8-10-27(16-23(27)15-25)22-7-5-6-21(14-22)17-28/h5-7,9,13-14,18-20,23,25H,8,10-12,15-16H2,1-4H3,(H,29,32)/t23?,25-,27-/m1/s1. The van der Waals surface area contributed by atoms with E-state index < -0.39 is 0 Å². The second-order valence-electron chi connectivity index (χ2n) is 10.2. The van der Waals surface area contributed by atoms with Crippen LogP contribution in [0.1, 0.15) is 64.5 Å². The normalized spacial score (nSPS) is 23.9. The van der Waals surface area contributed by atoms with Crippen LogP contribution in [-0.4, -0.2) is 47.0 Å². The van der Waals surface area contributed by atoms with Gasteiger partial charge in [-0.2, -0.15) is 16.6 Å². The van der Waals surface area contributed by atoms with E-state index in [1.807, 2.05) is 29.0 Å². The monoisotopic (exact) mass is 464 g/mol. The van der Waals surface area contributed by atoms with Crippen molar-refractivity contribution >= 4 is 23.1 Å². The molecule has 0 saturated heterocycles. The number of hydrogen-bond acceptors (Lipinski definition) is 4. The summed E-state index contributed by atoms with van der Waals surface area (Å²) in [6.07, 6.45) is 4.30. The van der Waals surface area contributed by atoms with Crippen molar-refractivity contribution in [2.45, 2.75) is 76.9 Å². The van der Waals surface area contributed by atoms with Crippen molar-refractivity contribution in [1.82, 2.24) is 9.80 Å². The van der Waals surface area contributed by atoms with Crippen molar-refractivity contribution in [2.24, 2.45) is 5.92 Å². The van der Waals surface area contributed by atoms with Gasteiger partial charge in [0.15, 0.2) is 0 Å². The van der Waals surface area contributed by atoms with Crippen LogP contribution < -0.4 is 5.32 Å². The molecular formula is C27H36N4OS. The first kappa shape index (κ1) is 23.8. The number of benzene rings is 1. The Morgan fingerprint density at radius 1 is 1.24 bits per heavy atom. The zero-order valence-electron chi connectivity index (χ0n) is 20.3. The van der Waals surface area contributed by atoms with Gasteiger partial charge >= 0.3 is 6.03 Å². The third-order valence-electron chi connectivity index (χ3n) is 7.68. The van der Waals surface area contributed by atoms with Gasteiger partial charge in [-0.15, -0.1) is 0 Å². The minimum absolute atomic E-state index is 0.0190. The fourth-order valence-electron chi connectivity index (χ4n) is 5.86. The molecule has 176 valence electrons. The van der Waals surface area contributed by atoms with E-state index >= 15 is 0 Å². The Labute approximate surface area is 202 Å². The molecule has 4 rings (SSSR count). The van der Waals surface area contributed by atoms with Gasteiger partial charge in [-0.1, -0.05) is 12.1 Å². The molecule has 0 spiro atoms. The van der Waals surface area contributed by atoms with Crippen LogP contribution in [0.15, 0.2) is 41.1 Å². The zero-order valence-corrected chi connectivity index (χ0v) is 21.1. The van der Waals surface area contributed by atoms with Crippen molar-refractivity contribution in [3.8, 4) is 6.07 Å². The molecule has 6 heteroatoms. The second kappa shape index (κ2) is 9.87. The summed E-state index contributed by atoms with van der Waals surface area (Å²) >= 11 is 1.60. The molecule has 5 nitrogen and oxygen atoms in total. The zero-order chi connectivity index (χ0) is 23.6. The van der Waals surface area contributed by atoms with E-state index in [4.69, 9.17) is 0 Å². The van der Waals surface area contributed by atoms with Gasteiger partial charge < -0.3 is 10.2 Å². The molecule has 33 heavy (non-hydrogen) atoms. The highest BCUT2D eigenvalue weighted by atomic mass is 32.1. The second-order valence-corrected chi connectivity index (χ2v) is 11.0. The van der Waals surface area contributed by atoms with E-state index in [-0.39, 0.29) is 17.5 Å². The van der Waals surface area contributed by atoms with Crippen molar-refractivity contribution in [3.63, 3.8) is 0 Å². The minimum Gasteiger partial charge on any atom is -0.320 e. The highest BCUT2D eigenvalue weighted by Gasteiger charge is 2.58. The lowest BCUT2D eigenvalue weighted by molar-refractivity contribution is 0.120. The van der Waals surface area contributed by atoms with E-state index in [9.17, 15) is 10.1 Å². The number of rotatable bonds is 8. The van der Waals surface area contributed by atoms with Gasteiger partial charge in [0.1, 0.15) is 0 Å². The van der Waals surface area contributed by atoms with Crippen LogP contribution in [0.2, 0.25) is 0 Å². The van der Waals surface area contributed by atoms with Gasteiger partial charge in [-0.25, -0.2) is 4.79 Å². The smallest absolute Gasteiger partial charge is 0.320 e. The molecule has 3 atom stereocenters. The molecule has 2 saturated carbocycles. The van der Waals surface area contributed by atoms with E-state index in [2.05, 4.69) is 61.0 Å². The van der Waals surface area contributed by atoms with E-state index in [1.54, 1.807) is 11.3 Å². The molecule has 1 aromatic carbocycles. The Kier molecular flexibility index (Phi) is 7.11. The fourth-order valence-corrected chi connectivity index (χ4v) is 6.45.